The summed E-state index contributed by atoms with van der Waals surface area (Å²) >= 11 is 6.37. The Morgan fingerprint density at radius 1 is 1.05 bits per heavy atom. The Kier molecular flexibility index (Phi) is 8.62. The Bertz CT molecular complexity index is 1510. The van der Waals surface area contributed by atoms with Gasteiger partial charge in [0.05, 0.1) is 22.3 Å². The Labute approximate surface area is 231 Å². The minimum atomic E-state index is -3.04. The summed E-state index contributed by atoms with van der Waals surface area (Å²) in [7, 11) is -3.04. The lowest BCUT2D eigenvalue weighted by atomic mass is 9.99. The van der Waals surface area contributed by atoms with Crippen molar-refractivity contribution in [3.05, 3.63) is 95.0 Å². The number of hydrogen-bond acceptors (Lipinski definition) is 8. The van der Waals surface area contributed by atoms with Gasteiger partial charge in [-0.25, -0.2) is 32.5 Å². The first kappa shape index (κ1) is 26.9. The van der Waals surface area contributed by atoms with Crippen molar-refractivity contribution in [2.75, 3.05) is 18.4 Å². The molecule has 0 unspecified atom stereocenters. The van der Waals surface area contributed by atoms with Gasteiger partial charge < -0.3 is 15.4 Å². The van der Waals surface area contributed by atoms with Gasteiger partial charge in [-0.15, -0.1) is 0 Å². The predicted octanol–water partition coefficient (Wildman–Crippen LogP) is 4.49. The molecule has 5 rings (SSSR count). The lowest BCUT2D eigenvalue weighted by Crippen LogP contribution is -2.38. The minimum absolute atomic E-state index is 0.000942. The van der Waals surface area contributed by atoms with Gasteiger partial charge in [0.1, 0.15) is 0 Å². The zero-order valence-electron chi connectivity index (χ0n) is 20.7. The largest absolute Gasteiger partial charge is 0.434 e. The lowest BCUT2D eigenvalue weighted by molar-refractivity contribution is 0.423. The van der Waals surface area contributed by atoms with E-state index in [1.54, 1.807) is 54.7 Å². The first-order chi connectivity index (χ1) is 19.0. The van der Waals surface area contributed by atoms with E-state index in [0.29, 0.717) is 22.8 Å². The van der Waals surface area contributed by atoms with Crippen molar-refractivity contribution in [2.24, 2.45) is 0 Å². The molecule has 9 nitrogen and oxygen atoms in total. The number of pyridine rings is 1. The second kappa shape index (κ2) is 12.5. The van der Waals surface area contributed by atoms with E-state index in [2.05, 4.69) is 30.3 Å². The Morgan fingerprint density at radius 3 is 2.67 bits per heavy atom. The van der Waals surface area contributed by atoms with Gasteiger partial charge in [-0.2, -0.15) is 0 Å². The molecule has 0 saturated carbocycles. The van der Waals surface area contributed by atoms with Gasteiger partial charge in [-0.05, 0) is 49.2 Å². The minimum Gasteiger partial charge on any atom is -0.434 e. The van der Waals surface area contributed by atoms with Crippen LogP contribution in [0.15, 0.2) is 73.1 Å². The summed E-state index contributed by atoms with van der Waals surface area (Å²) in [5.74, 6) is -0.546. The number of thiol groups is 1. The molecule has 202 valence electrons. The molecule has 0 bridgehead atoms. The molecule has 1 fully saturated rings. The highest BCUT2D eigenvalue weighted by atomic mass is 35.5. The Hall–Kier alpha value is -3.64. The number of ether oxygens (including phenoxy) is 1. The fourth-order valence-electron chi connectivity index (χ4n) is 4.44. The van der Waals surface area contributed by atoms with Gasteiger partial charge in [0.15, 0.2) is 11.6 Å². The predicted molar refractivity (Wildman–Crippen MR) is 148 cm³/mol. The number of nitrogens with one attached hydrogen (secondary N) is 3. The molecule has 2 aromatic carbocycles. The van der Waals surface area contributed by atoms with E-state index in [9.17, 15) is 8.42 Å². The number of piperidine rings is 1. The SMILES string of the molecule is O=[SH](=O)N[C@@H](c1ccccc1)c1ccc(Cl)c(Oc2ncccc2-c2ccnc(N[C@H]3CCCNC3)n2)c1F. The second-order valence-electron chi connectivity index (χ2n) is 8.92. The number of halogens is 2. The topological polar surface area (TPSA) is 118 Å². The maximum absolute atomic E-state index is 15.9. The third-order valence-electron chi connectivity index (χ3n) is 6.29. The number of aromatic nitrogens is 3. The summed E-state index contributed by atoms with van der Waals surface area (Å²) in [4.78, 5) is 13.3. The highest BCUT2D eigenvalue weighted by Crippen LogP contribution is 2.39. The number of rotatable bonds is 9. The van der Waals surface area contributed by atoms with E-state index in [0.717, 1.165) is 25.9 Å². The highest BCUT2D eigenvalue weighted by molar-refractivity contribution is 7.70. The third kappa shape index (κ3) is 6.51. The zero-order chi connectivity index (χ0) is 27.2. The van der Waals surface area contributed by atoms with Crippen LogP contribution in [0.3, 0.4) is 0 Å². The zero-order valence-corrected chi connectivity index (χ0v) is 22.3. The number of hydrogen-bond donors (Lipinski definition) is 4. The van der Waals surface area contributed by atoms with Crippen LogP contribution < -0.4 is 20.1 Å². The van der Waals surface area contributed by atoms with Gasteiger partial charge in [-0.3, -0.25) is 0 Å². The van der Waals surface area contributed by atoms with Crippen LogP contribution in [0.4, 0.5) is 10.3 Å². The molecule has 3 N–H and O–H groups in total. The normalized spacial score (nSPS) is 16.1. The maximum Gasteiger partial charge on any atom is 0.228 e. The summed E-state index contributed by atoms with van der Waals surface area (Å²) in [6, 6.07) is 16.0. The van der Waals surface area contributed by atoms with Crippen LogP contribution in [0, 0.1) is 5.82 Å². The molecule has 1 saturated heterocycles. The lowest BCUT2D eigenvalue weighted by Gasteiger charge is -2.23. The van der Waals surface area contributed by atoms with Crippen LogP contribution >= 0.6 is 11.6 Å². The molecule has 4 aromatic rings. The standard InChI is InChI=1S/C27H26ClFN6O3S/c28-21-11-10-20(24(35-39(36)37)17-6-2-1-3-7-17)23(29)25(21)38-26-19(9-5-14-31-26)22-12-15-32-27(34-22)33-18-8-4-13-30-16-18/h1-3,5-7,9-12,14-15,18,24,30,39H,4,8,13,16H2,(H,32,33,34)(H,35,36,37)/t18-,24-/m0/s1. The fraction of sp³-hybridized carbons (Fsp3) is 0.222. The summed E-state index contributed by atoms with van der Waals surface area (Å²) < 4.78 is 47.5. The van der Waals surface area contributed by atoms with E-state index in [4.69, 9.17) is 16.3 Å². The Morgan fingerprint density at radius 2 is 1.90 bits per heavy atom. The highest BCUT2D eigenvalue weighted by Gasteiger charge is 2.25. The maximum atomic E-state index is 15.9. The van der Waals surface area contributed by atoms with Crippen LogP contribution in [-0.4, -0.2) is 42.5 Å². The Balaban J connectivity index is 1.48. The van der Waals surface area contributed by atoms with Gasteiger partial charge in [0.2, 0.25) is 22.7 Å². The van der Waals surface area contributed by atoms with Crippen molar-refractivity contribution < 1.29 is 17.5 Å². The molecule has 0 amide bonds. The molecule has 0 spiro atoms. The van der Waals surface area contributed by atoms with Gasteiger partial charge >= 0.3 is 0 Å². The van der Waals surface area contributed by atoms with Crippen molar-refractivity contribution in [3.8, 4) is 22.9 Å². The molecule has 2 atom stereocenters. The molecular weight excluding hydrogens is 543 g/mol. The van der Waals surface area contributed by atoms with E-state index in [-0.39, 0.29) is 28.3 Å². The van der Waals surface area contributed by atoms with Crippen molar-refractivity contribution in [3.63, 3.8) is 0 Å². The van der Waals surface area contributed by atoms with Crippen LogP contribution in [-0.2, 0) is 10.9 Å². The van der Waals surface area contributed by atoms with Gasteiger partial charge in [0.25, 0.3) is 0 Å². The summed E-state index contributed by atoms with van der Waals surface area (Å²) in [6.07, 6.45) is 5.22. The smallest absolute Gasteiger partial charge is 0.228 e. The van der Waals surface area contributed by atoms with E-state index < -0.39 is 22.7 Å². The fourth-order valence-corrected chi connectivity index (χ4v) is 5.12. The van der Waals surface area contributed by atoms with E-state index in [1.807, 2.05) is 0 Å². The number of anilines is 1. The first-order valence-corrected chi connectivity index (χ1v) is 13.9. The quantitative estimate of drug-likeness (QED) is 0.218. The molecule has 1 aliphatic heterocycles. The van der Waals surface area contributed by atoms with Crippen LogP contribution in [0.2, 0.25) is 5.02 Å². The average molecular weight is 569 g/mol. The first-order valence-electron chi connectivity index (χ1n) is 12.4. The van der Waals surface area contributed by atoms with Crippen molar-refractivity contribution >= 4 is 28.4 Å². The third-order valence-corrected chi connectivity index (χ3v) is 7.06. The molecular formula is C27H26ClFN6O3S. The summed E-state index contributed by atoms with van der Waals surface area (Å²) in [6.45, 7) is 1.82. The molecule has 2 aromatic heterocycles. The summed E-state index contributed by atoms with van der Waals surface area (Å²) in [5, 5.41) is 6.69. The monoisotopic (exact) mass is 568 g/mol. The van der Waals surface area contributed by atoms with Crippen molar-refractivity contribution in [2.45, 2.75) is 24.9 Å². The van der Waals surface area contributed by atoms with Crippen LogP contribution in [0.25, 0.3) is 11.3 Å². The van der Waals surface area contributed by atoms with E-state index >= 15 is 4.39 Å². The second-order valence-corrected chi connectivity index (χ2v) is 10.1. The number of nitrogens with zero attached hydrogens (tertiary/aromatic N) is 3. The average Bonchev–Trinajstić information content (AvgIpc) is 2.96. The molecule has 3 heterocycles. The van der Waals surface area contributed by atoms with Crippen molar-refractivity contribution in [1.29, 1.82) is 0 Å². The molecule has 0 radical (unpaired) electrons. The van der Waals surface area contributed by atoms with Gasteiger partial charge in [-0.1, -0.05) is 48.0 Å². The summed E-state index contributed by atoms with van der Waals surface area (Å²) in [5.41, 5.74) is 1.63. The molecule has 12 heteroatoms. The van der Waals surface area contributed by atoms with Crippen LogP contribution in [0.5, 0.6) is 11.6 Å². The molecule has 0 aliphatic carbocycles. The molecule has 39 heavy (non-hydrogen) atoms. The van der Waals surface area contributed by atoms with Gasteiger partial charge in [0, 0.05) is 30.5 Å². The van der Waals surface area contributed by atoms with Crippen molar-refractivity contribution in [1.82, 2.24) is 25.0 Å². The van der Waals surface area contributed by atoms with E-state index in [1.165, 1.54) is 18.3 Å². The number of benzene rings is 2. The van der Waals surface area contributed by atoms with Crippen LogP contribution in [0.1, 0.15) is 30.0 Å². The molecule has 1 aliphatic rings.